The third-order valence-electron chi connectivity index (χ3n) is 3.31. The number of nitrogens with zero attached hydrogens (tertiary/aromatic N) is 2. The minimum absolute atomic E-state index is 0.291. The van der Waals surface area contributed by atoms with Crippen LogP contribution in [0.3, 0.4) is 0 Å². The Balaban J connectivity index is 1.99. The molecule has 1 rings (SSSR count). The number of carbonyl (C=O) groups is 1. The lowest BCUT2D eigenvalue weighted by atomic mass is 10.1. The van der Waals surface area contributed by atoms with Crippen LogP contribution >= 0.6 is 0 Å². The van der Waals surface area contributed by atoms with Crippen molar-refractivity contribution in [2.75, 3.05) is 26.8 Å². The number of rotatable bonds is 7. The fourth-order valence-corrected chi connectivity index (χ4v) is 2.19. The molecular formula is C13H26N2O. The molecule has 1 saturated heterocycles. The van der Waals surface area contributed by atoms with E-state index in [0.717, 1.165) is 19.8 Å². The van der Waals surface area contributed by atoms with Crippen molar-refractivity contribution >= 4 is 5.91 Å². The number of carbonyl (C=O) groups excluding carboxylic acids is 1. The molecule has 3 nitrogen and oxygen atoms in total. The predicted octanol–water partition coefficient (Wildman–Crippen LogP) is 2.47. The molecule has 0 atom stereocenters. The Bertz CT molecular complexity index is 206. The fraction of sp³-hybridized carbons (Fsp3) is 0.923. The summed E-state index contributed by atoms with van der Waals surface area (Å²) in [5.74, 6) is 0.291. The summed E-state index contributed by atoms with van der Waals surface area (Å²) in [5, 5.41) is 0. The largest absolute Gasteiger partial charge is 0.333 e. The molecular weight excluding hydrogens is 200 g/mol. The summed E-state index contributed by atoms with van der Waals surface area (Å²) < 4.78 is 0. The zero-order valence-electron chi connectivity index (χ0n) is 10.9. The molecule has 16 heavy (non-hydrogen) atoms. The van der Waals surface area contributed by atoms with Gasteiger partial charge >= 0.3 is 0 Å². The average molecular weight is 226 g/mol. The van der Waals surface area contributed by atoms with Gasteiger partial charge in [-0.25, -0.2) is 0 Å². The Kier molecular flexibility index (Phi) is 6.46. The fourth-order valence-electron chi connectivity index (χ4n) is 2.19. The first kappa shape index (κ1) is 13.5. The first-order valence-corrected chi connectivity index (χ1v) is 6.70. The van der Waals surface area contributed by atoms with E-state index in [0.29, 0.717) is 12.3 Å². The van der Waals surface area contributed by atoms with Crippen molar-refractivity contribution in [1.29, 1.82) is 0 Å². The second-order valence-electron chi connectivity index (χ2n) is 4.87. The monoisotopic (exact) mass is 226 g/mol. The third-order valence-corrected chi connectivity index (χ3v) is 3.31. The summed E-state index contributed by atoms with van der Waals surface area (Å²) in [6.07, 6.45) is 8.78. The van der Waals surface area contributed by atoms with Crippen LogP contribution in [0.1, 0.15) is 51.9 Å². The molecule has 1 aliphatic heterocycles. The number of amides is 1. The standard InChI is InChI=1S/C13H26N2O/c1-3-4-5-6-7-8-10-15-11-9-13(16)14(2)12-15/h3-12H2,1-2H3. The Hall–Kier alpha value is -0.570. The van der Waals surface area contributed by atoms with Crippen molar-refractivity contribution in [3.05, 3.63) is 0 Å². The summed E-state index contributed by atoms with van der Waals surface area (Å²) in [7, 11) is 1.90. The van der Waals surface area contributed by atoms with Gasteiger partial charge in [-0.05, 0) is 13.0 Å². The molecule has 0 aliphatic carbocycles. The molecule has 0 saturated carbocycles. The van der Waals surface area contributed by atoms with Crippen LogP contribution in [0.2, 0.25) is 0 Å². The second kappa shape index (κ2) is 7.66. The van der Waals surface area contributed by atoms with E-state index in [4.69, 9.17) is 0 Å². The van der Waals surface area contributed by atoms with E-state index in [1.54, 1.807) is 0 Å². The molecule has 0 N–H and O–H groups in total. The maximum absolute atomic E-state index is 11.3. The summed E-state index contributed by atoms with van der Waals surface area (Å²) in [6.45, 7) is 5.19. The lowest BCUT2D eigenvalue weighted by Gasteiger charge is -2.32. The lowest BCUT2D eigenvalue weighted by molar-refractivity contribution is -0.135. The van der Waals surface area contributed by atoms with Gasteiger partial charge in [-0.3, -0.25) is 9.69 Å². The van der Waals surface area contributed by atoms with Crippen molar-refractivity contribution in [1.82, 2.24) is 9.80 Å². The summed E-state index contributed by atoms with van der Waals surface area (Å²) in [6, 6.07) is 0. The van der Waals surface area contributed by atoms with Crippen LogP contribution in [0.5, 0.6) is 0 Å². The minimum Gasteiger partial charge on any atom is -0.333 e. The van der Waals surface area contributed by atoms with Crippen molar-refractivity contribution in [3.63, 3.8) is 0 Å². The first-order chi connectivity index (χ1) is 7.74. The van der Waals surface area contributed by atoms with Crippen molar-refractivity contribution in [3.8, 4) is 0 Å². The maximum Gasteiger partial charge on any atom is 0.224 e. The highest BCUT2D eigenvalue weighted by Crippen LogP contribution is 2.09. The maximum atomic E-state index is 11.3. The van der Waals surface area contributed by atoms with Gasteiger partial charge in [0, 0.05) is 20.0 Å². The van der Waals surface area contributed by atoms with Gasteiger partial charge in [-0.2, -0.15) is 0 Å². The summed E-state index contributed by atoms with van der Waals surface area (Å²) in [4.78, 5) is 15.5. The van der Waals surface area contributed by atoms with Gasteiger partial charge in [0.05, 0.1) is 6.67 Å². The van der Waals surface area contributed by atoms with E-state index in [1.807, 2.05) is 11.9 Å². The van der Waals surface area contributed by atoms with Crippen LogP contribution < -0.4 is 0 Å². The van der Waals surface area contributed by atoms with Crippen molar-refractivity contribution in [2.24, 2.45) is 0 Å². The van der Waals surface area contributed by atoms with Crippen LogP contribution in [0.15, 0.2) is 0 Å². The molecule has 0 bridgehead atoms. The van der Waals surface area contributed by atoms with Crippen molar-refractivity contribution in [2.45, 2.75) is 51.9 Å². The van der Waals surface area contributed by atoms with Gasteiger partial charge in [0.2, 0.25) is 5.91 Å². The minimum atomic E-state index is 0.291. The van der Waals surface area contributed by atoms with Crippen LogP contribution in [-0.2, 0) is 4.79 Å². The van der Waals surface area contributed by atoms with Gasteiger partial charge in [-0.15, -0.1) is 0 Å². The lowest BCUT2D eigenvalue weighted by Crippen LogP contribution is -2.46. The molecule has 1 heterocycles. The van der Waals surface area contributed by atoms with E-state index >= 15 is 0 Å². The van der Waals surface area contributed by atoms with Gasteiger partial charge in [0.15, 0.2) is 0 Å². The molecule has 0 aromatic rings. The van der Waals surface area contributed by atoms with Crippen LogP contribution in [0, 0.1) is 0 Å². The quantitative estimate of drug-likeness (QED) is 0.623. The summed E-state index contributed by atoms with van der Waals surface area (Å²) >= 11 is 0. The Morgan fingerprint density at radius 2 is 1.81 bits per heavy atom. The van der Waals surface area contributed by atoms with Gasteiger partial charge < -0.3 is 4.90 Å². The Morgan fingerprint density at radius 1 is 1.12 bits per heavy atom. The van der Waals surface area contributed by atoms with Gasteiger partial charge in [-0.1, -0.05) is 39.0 Å². The highest BCUT2D eigenvalue weighted by atomic mass is 16.2. The summed E-state index contributed by atoms with van der Waals surface area (Å²) in [5.41, 5.74) is 0. The Morgan fingerprint density at radius 3 is 2.50 bits per heavy atom. The molecule has 3 heteroatoms. The van der Waals surface area contributed by atoms with E-state index in [2.05, 4.69) is 11.8 Å². The van der Waals surface area contributed by atoms with E-state index in [-0.39, 0.29) is 0 Å². The first-order valence-electron chi connectivity index (χ1n) is 6.70. The SMILES string of the molecule is CCCCCCCCN1CCC(=O)N(C)C1. The molecule has 0 aromatic heterocycles. The topological polar surface area (TPSA) is 23.6 Å². The van der Waals surface area contributed by atoms with Crippen LogP contribution in [-0.4, -0.2) is 42.5 Å². The highest BCUT2D eigenvalue weighted by Gasteiger charge is 2.19. The zero-order valence-corrected chi connectivity index (χ0v) is 10.9. The average Bonchev–Trinajstić information content (AvgIpc) is 2.28. The third kappa shape index (κ3) is 4.97. The molecule has 1 amide bonds. The number of hydrogen-bond donors (Lipinski definition) is 0. The Labute approximate surface area is 99.8 Å². The molecule has 0 unspecified atom stereocenters. The van der Waals surface area contributed by atoms with Crippen LogP contribution in [0.4, 0.5) is 0 Å². The van der Waals surface area contributed by atoms with E-state index in [9.17, 15) is 4.79 Å². The number of unbranched alkanes of at least 4 members (excludes halogenated alkanes) is 5. The molecule has 0 aromatic carbocycles. The van der Waals surface area contributed by atoms with Crippen molar-refractivity contribution < 1.29 is 4.79 Å². The van der Waals surface area contributed by atoms with Crippen LogP contribution in [0.25, 0.3) is 0 Å². The molecule has 0 radical (unpaired) electrons. The molecule has 1 aliphatic rings. The van der Waals surface area contributed by atoms with Gasteiger partial charge in [0.1, 0.15) is 0 Å². The molecule has 1 fully saturated rings. The zero-order chi connectivity index (χ0) is 11.8. The smallest absolute Gasteiger partial charge is 0.224 e. The predicted molar refractivity (Wildman–Crippen MR) is 67.2 cm³/mol. The second-order valence-corrected chi connectivity index (χ2v) is 4.87. The highest BCUT2D eigenvalue weighted by molar-refractivity contribution is 5.76. The normalized spacial score (nSPS) is 18.1. The van der Waals surface area contributed by atoms with E-state index in [1.165, 1.54) is 38.5 Å². The molecule has 0 spiro atoms. The number of hydrogen-bond acceptors (Lipinski definition) is 2. The van der Waals surface area contributed by atoms with Gasteiger partial charge in [0.25, 0.3) is 0 Å². The molecule has 94 valence electrons. The van der Waals surface area contributed by atoms with E-state index < -0.39 is 0 Å².